The molecule has 0 N–H and O–H groups in total. The van der Waals surface area contributed by atoms with Crippen molar-refractivity contribution in [1.82, 2.24) is 9.21 Å². The van der Waals surface area contributed by atoms with Gasteiger partial charge in [0, 0.05) is 20.1 Å². The average Bonchev–Trinajstić information content (AvgIpc) is 2.55. The van der Waals surface area contributed by atoms with Gasteiger partial charge in [-0.15, -0.1) is 0 Å². The second-order valence-electron chi connectivity index (χ2n) is 6.12. The van der Waals surface area contributed by atoms with Gasteiger partial charge >= 0.3 is 0 Å². The summed E-state index contributed by atoms with van der Waals surface area (Å²) in [6, 6.07) is 3.28. The Morgan fingerprint density at radius 1 is 1.38 bits per heavy atom. The lowest BCUT2D eigenvalue weighted by atomic mass is 9.99. The molecule has 0 radical (unpaired) electrons. The number of amides is 1. The van der Waals surface area contributed by atoms with Crippen molar-refractivity contribution in [3.05, 3.63) is 24.0 Å². The molecule has 1 fully saturated rings. The number of benzene rings is 1. The molecule has 134 valence electrons. The Labute approximate surface area is 142 Å². The van der Waals surface area contributed by atoms with E-state index in [1.807, 2.05) is 0 Å². The smallest absolute Gasteiger partial charge is 0.247 e. The number of hydrogen-bond donors (Lipinski definition) is 0. The van der Waals surface area contributed by atoms with E-state index in [4.69, 9.17) is 4.74 Å². The van der Waals surface area contributed by atoms with Gasteiger partial charge in [-0.3, -0.25) is 4.79 Å². The fourth-order valence-electron chi connectivity index (χ4n) is 2.65. The summed E-state index contributed by atoms with van der Waals surface area (Å²) < 4.78 is 44.7. The van der Waals surface area contributed by atoms with Gasteiger partial charge in [0.1, 0.15) is 16.5 Å². The summed E-state index contributed by atoms with van der Waals surface area (Å²) in [7, 11) is -1.41. The van der Waals surface area contributed by atoms with E-state index in [1.54, 1.807) is 4.90 Å². The topological polar surface area (TPSA) is 66.9 Å². The van der Waals surface area contributed by atoms with Crippen LogP contribution in [0.4, 0.5) is 4.39 Å². The number of ether oxygens (including phenoxy) is 1. The summed E-state index contributed by atoms with van der Waals surface area (Å²) in [5.41, 5.74) is 0. The highest BCUT2D eigenvalue weighted by Gasteiger charge is 2.29. The third-order valence-corrected chi connectivity index (χ3v) is 6.13. The summed E-state index contributed by atoms with van der Waals surface area (Å²) in [6.45, 7) is 3.12. The molecule has 1 amide bonds. The molecule has 24 heavy (non-hydrogen) atoms. The number of methoxy groups -OCH3 is 1. The van der Waals surface area contributed by atoms with Crippen LogP contribution in [0.1, 0.15) is 19.8 Å². The van der Waals surface area contributed by atoms with Crippen LogP contribution in [0.5, 0.6) is 5.75 Å². The molecule has 0 saturated carbocycles. The van der Waals surface area contributed by atoms with Crippen molar-refractivity contribution in [3.8, 4) is 5.75 Å². The number of sulfonamides is 1. The predicted octanol–water partition coefficient (Wildman–Crippen LogP) is 1.71. The Hall–Kier alpha value is -1.67. The Morgan fingerprint density at radius 3 is 2.58 bits per heavy atom. The van der Waals surface area contributed by atoms with Gasteiger partial charge in [0.05, 0.1) is 13.7 Å². The zero-order chi connectivity index (χ0) is 17.9. The molecule has 0 atom stereocenters. The van der Waals surface area contributed by atoms with Gasteiger partial charge in [-0.05, 0) is 37.0 Å². The van der Waals surface area contributed by atoms with Crippen molar-refractivity contribution in [2.24, 2.45) is 5.92 Å². The van der Waals surface area contributed by atoms with E-state index in [0.29, 0.717) is 19.0 Å². The summed E-state index contributed by atoms with van der Waals surface area (Å²) in [6.07, 6.45) is 1.83. The molecule has 2 rings (SSSR count). The van der Waals surface area contributed by atoms with Crippen LogP contribution in [0.3, 0.4) is 0 Å². The average molecular weight is 358 g/mol. The highest BCUT2D eigenvalue weighted by atomic mass is 32.2. The quantitative estimate of drug-likeness (QED) is 0.804. The van der Waals surface area contributed by atoms with Gasteiger partial charge in [0.2, 0.25) is 15.9 Å². The monoisotopic (exact) mass is 358 g/mol. The first kappa shape index (κ1) is 18.7. The molecule has 1 heterocycles. The Balaban J connectivity index is 2.15. The largest absolute Gasteiger partial charge is 0.495 e. The van der Waals surface area contributed by atoms with Crippen molar-refractivity contribution in [3.63, 3.8) is 0 Å². The highest BCUT2D eigenvalue weighted by Crippen LogP contribution is 2.27. The predicted molar refractivity (Wildman–Crippen MR) is 87.7 cm³/mol. The van der Waals surface area contributed by atoms with E-state index in [1.165, 1.54) is 20.2 Å². The molecule has 8 heteroatoms. The first-order chi connectivity index (χ1) is 11.3. The molecule has 0 unspecified atom stereocenters. The van der Waals surface area contributed by atoms with Gasteiger partial charge in [-0.2, -0.15) is 4.31 Å². The minimum Gasteiger partial charge on any atom is -0.495 e. The standard InChI is InChI=1S/C16H23FN2O4S/c1-12-6-8-19(9-7-12)16(20)11-18(2)24(21,22)15-10-13(17)4-5-14(15)23-3/h4-5,10,12H,6-9,11H2,1-3H3. The Kier molecular flexibility index (Phi) is 5.82. The van der Waals surface area contributed by atoms with Crippen LogP contribution >= 0.6 is 0 Å². The SMILES string of the molecule is COc1ccc(F)cc1S(=O)(=O)N(C)CC(=O)N1CCC(C)CC1. The first-order valence-corrected chi connectivity index (χ1v) is 9.27. The molecule has 0 spiro atoms. The van der Waals surface area contributed by atoms with E-state index in [2.05, 4.69) is 6.92 Å². The maximum Gasteiger partial charge on any atom is 0.247 e. The number of likely N-dealkylation sites (tertiary alicyclic amines) is 1. The van der Waals surface area contributed by atoms with E-state index in [9.17, 15) is 17.6 Å². The van der Waals surface area contributed by atoms with Crippen molar-refractivity contribution in [2.45, 2.75) is 24.7 Å². The maximum atomic E-state index is 13.5. The van der Waals surface area contributed by atoms with Gasteiger partial charge < -0.3 is 9.64 Å². The fourth-order valence-corrected chi connectivity index (χ4v) is 3.94. The zero-order valence-corrected chi connectivity index (χ0v) is 15.0. The second-order valence-corrected chi connectivity index (χ2v) is 8.13. The summed E-state index contributed by atoms with van der Waals surface area (Å²) in [5, 5.41) is 0. The minimum atomic E-state index is -4.03. The normalized spacial score (nSPS) is 16.5. The fraction of sp³-hybridized carbons (Fsp3) is 0.562. The van der Waals surface area contributed by atoms with Gasteiger partial charge in [0.25, 0.3) is 0 Å². The van der Waals surface area contributed by atoms with E-state index >= 15 is 0 Å². The number of carbonyl (C=O) groups is 1. The van der Waals surface area contributed by atoms with E-state index < -0.39 is 15.8 Å². The molecule has 0 bridgehead atoms. The lowest BCUT2D eigenvalue weighted by Gasteiger charge is -2.31. The van der Waals surface area contributed by atoms with Gasteiger partial charge in [0.15, 0.2) is 0 Å². The van der Waals surface area contributed by atoms with Crippen LogP contribution in [0.25, 0.3) is 0 Å². The third kappa shape index (κ3) is 4.05. The van der Waals surface area contributed by atoms with Crippen molar-refractivity contribution >= 4 is 15.9 Å². The number of rotatable bonds is 5. The number of nitrogens with zero attached hydrogens (tertiary/aromatic N) is 2. The minimum absolute atomic E-state index is 0.0440. The molecular formula is C16H23FN2O4S. The van der Waals surface area contributed by atoms with E-state index in [-0.39, 0.29) is 23.1 Å². The Morgan fingerprint density at radius 2 is 2.00 bits per heavy atom. The molecule has 1 aliphatic rings. The number of carbonyl (C=O) groups excluding carboxylic acids is 1. The van der Waals surface area contributed by atoms with Crippen molar-refractivity contribution in [2.75, 3.05) is 33.8 Å². The van der Waals surface area contributed by atoms with Crippen LogP contribution < -0.4 is 4.74 Å². The number of piperidine rings is 1. The van der Waals surface area contributed by atoms with Crippen LogP contribution in [0.2, 0.25) is 0 Å². The molecule has 0 aliphatic carbocycles. The van der Waals surface area contributed by atoms with Crippen LogP contribution in [0, 0.1) is 11.7 Å². The number of likely N-dealkylation sites (N-methyl/N-ethyl adjacent to an activating group) is 1. The molecule has 0 aromatic heterocycles. The molecule has 1 saturated heterocycles. The Bertz CT molecular complexity index is 700. The van der Waals surface area contributed by atoms with Crippen molar-refractivity contribution < 1.29 is 22.3 Å². The molecule has 1 aliphatic heterocycles. The first-order valence-electron chi connectivity index (χ1n) is 7.83. The lowest BCUT2D eigenvalue weighted by Crippen LogP contribution is -2.44. The molecular weight excluding hydrogens is 335 g/mol. The molecule has 1 aromatic carbocycles. The van der Waals surface area contributed by atoms with Crippen LogP contribution in [-0.4, -0.2) is 57.3 Å². The molecule has 6 nitrogen and oxygen atoms in total. The van der Waals surface area contributed by atoms with E-state index in [0.717, 1.165) is 29.3 Å². The van der Waals surface area contributed by atoms with Gasteiger partial charge in [-0.1, -0.05) is 6.92 Å². The summed E-state index contributed by atoms with van der Waals surface area (Å²) in [4.78, 5) is 13.7. The summed E-state index contributed by atoms with van der Waals surface area (Å²) >= 11 is 0. The number of hydrogen-bond acceptors (Lipinski definition) is 4. The number of halogens is 1. The lowest BCUT2D eigenvalue weighted by molar-refractivity contribution is -0.132. The summed E-state index contributed by atoms with van der Waals surface area (Å²) in [5.74, 6) is -0.308. The maximum absolute atomic E-state index is 13.5. The van der Waals surface area contributed by atoms with Crippen molar-refractivity contribution in [1.29, 1.82) is 0 Å². The zero-order valence-electron chi connectivity index (χ0n) is 14.2. The van der Waals surface area contributed by atoms with Gasteiger partial charge in [-0.25, -0.2) is 12.8 Å². The third-order valence-electron chi connectivity index (χ3n) is 4.31. The molecule has 1 aromatic rings. The van der Waals surface area contributed by atoms with Crippen LogP contribution in [-0.2, 0) is 14.8 Å². The second kappa shape index (κ2) is 7.48. The highest BCUT2D eigenvalue weighted by molar-refractivity contribution is 7.89. The van der Waals surface area contributed by atoms with Crippen LogP contribution in [0.15, 0.2) is 23.1 Å².